The lowest BCUT2D eigenvalue weighted by atomic mass is 9.92. The summed E-state index contributed by atoms with van der Waals surface area (Å²) in [6.45, 7) is 4.25. The van der Waals surface area contributed by atoms with Crippen LogP contribution in [0.4, 0.5) is 0 Å². The van der Waals surface area contributed by atoms with E-state index in [1.807, 2.05) is 0 Å². The van der Waals surface area contributed by atoms with Gasteiger partial charge in [0, 0.05) is 11.3 Å². The van der Waals surface area contributed by atoms with Crippen LogP contribution in [-0.2, 0) is 0 Å². The van der Waals surface area contributed by atoms with Crippen molar-refractivity contribution in [1.82, 2.24) is 10.5 Å². The molecule has 2 heterocycles. The summed E-state index contributed by atoms with van der Waals surface area (Å²) in [4.78, 5) is 0. The van der Waals surface area contributed by atoms with E-state index in [2.05, 4.69) is 35.6 Å². The number of hydrogen-bond donors (Lipinski definition) is 1. The fraction of sp³-hybridized carbons (Fsp3) is 0.462. The smallest absolute Gasteiger partial charge is 0.170 e. The van der Waals surface area contributed by atoms with Crippen molar-refractivity contribution < 1.29 is 4.52 Å². The van der Waals surface area contributed by atoms with Gasteiger partial charge in [-0.05, 0) is 44.5 Å². The molecule has 84 valence electrons. The Hall–Kier alpha value is -1.35. The zero-order valence-corrected chi connectivity index (χ0v) is 9.49. The highest BCUT2D eigenvalue weighted by Gasteiger charge is 2.21. The second-order valence-corrected chi connectivity index (χ2v) is 4.54. The summed E-state index contributed by atoms with van der Waals surface area (Å²) in [5.41, 5.74) is 3.28. The Labute approximate surface area is 94.8 Å². The van der Waals surface area contributed by atoms with Crippen LogP contribution in [0.2, 0.25) is 0 Å². The summed E-state index contributed by atoms with van der Waals surface area (Å²) < 4.78 is 5.46. The first-order chi connectivity index (χ1) is 7.86. The molecule has 1 aromatic carbocycles. The van der Waals surface area contributed by atoms with Crippen LogP contribution in [-0.4, -0.2) is 18.2 Å². The van der Waals surface area contributed by atoms with Crippen LogP contribution in [0.15, 0.2) is 22.7 Å². The normalized spacial score (nSPS) is 18.1. The summed E-state index contributed by atoms with van der Waals surface area (Å²) in [7, 11) is 0. The van der Waals surface area contributed by atoms with Crippen LogP contribution in [0.25, 0.3) is 11.0 Å². The number of rotatable bonds is 1. The highest BCUT2D eigenvalue weighted by molar-refractivity contribution is 5.82. The largest absolute Gasteiger partial charge is 0.356 e. The molecule has 1 aliphatic heterocycles. The second kappa shape index (κ2) is 3.91. The van der Waals surface area contributed by atoms with Crippen molar-refractivity contribution in [3.63, 3.8) is 0 Å². The molecule has 3 rings (SSSR count). The third-order valence-electron chi connectivity index (χ3n) is 3.45. The summed E-state index contributed by atoms with van der Waals surface area (Å²) >= 11 is 0. The summed E-state index contributed by atoms with van der Waals surface area (Å²) in [5.74, 6) is 0.560. The Bertz CT molecular complexity index is 498. The van der Waals surface area contributed by atoms with E-state index in [0.29, 0.717) is 5.92 Å². The van der Waals surface area contributed by atoms with Crippen molar-refractivity contribution in [2.24, 2.45) is 0 Å². The summed E-state index contributed by atoms with van der Waals surface area (Å²) in [6, 6.07) is 6.27. The lowest BCUT2D eigenvalue weighted by molar-refractivity contribution is 0.403. The molecule has 0 amide bonds. The van der Waals surface area contributed by atoms with E-state index in [0.717, 1.165) is 37.2 Å². The van der Waals surface area contributed by atoms with Gasteiger partial charge in [0.25, 0.3) is 0 Å². The van der Waals surface area contributed by atoms with Crippen molar-refractivity contribution in [3.8, 4) is 0 Å². The molecular weight excluding hydrogens is 200 g/mol. The van der Waals surface area contributed by atoms with Crippen LogP contribution in [0.5, 0.6) is 0 Å². The van der Waals surface area contributed by atoms with Gasteiger partial charge in [-0.25, -0.2) is 0 Å². The molecule has 0 atom stereocenters. The van der Waals surface area contributed by atoms with Crippen molar-refractivity contribution in [3.05, 3.63) is 29.5 Å². The van der Waals surface area contributed by atoms with Crippen LogP contribution in [0, 0.1) is 6.92 Å². The van der Waals surface area contributed by atoms with Gasteiger partial charge in [-0.1, -0.05) is 17.3 Å². The van der Waals surface area contributed by atoms with E-state index in [4.69, 9.17) is 4.52 Å². The quantitative estimate of drug-likeness (QED) is 0.796. The summed E-state index contributed by atoms with van der Waals surface area (Å²) in [6.07, 6.45) is 2.32. The van der Waals surface area contributed by atoms with Gasteiger partial charge in [-0.2, -0.15) is 0 Å². The minimum atomic E-state index is 0.560. The molecule has 1 N–H and O–H groups in total. The number of nitrogens with zero attached hydrogens (tertiary/aromatic N) is 1. The van der Waals surface area contributed by atoms with E-state index in [1.54, 1.807) is 0 Å². The predicted molar refractivity (Wildman–Crippen MR) is 63.6 cm³/mol. The zero-order chi connectivity index (χ0) is 11.0. The average Bonchev–Trinajstić information content (AvgIpc) is 2.75. The molecule has 1 fully saturated rings. The Morgan fingerprint density at radius 2 is 2.12 bits per heavy atom. The monoisotopic (exact) mass is 216 g/mol. The molecular formula is C13H16N2O. The first kappa shape index (κ1) is 9.85. The number of piperidine rings is 1. The average molecular weight is 216 g/mol. The maximum absolute atomic E-state index is 5.46. The molecule has 3 nitrogen and oxygen atoms in total. The summed E-state index contributed by atoms with van der Waals surface area (Å²) in [5, 5.41) is 8.86. The number of nitrogens with one attached hydrogen (secondary N) is 1. The number of hydrogen-bond acceptors (Lipinski definition) is 3. The fourth-order valence-corrected chi connectivity index (χ4v) is 2.51. The molecule has 2 aromatic rings. The standard InChI is InChI=1S/C13H16N2O/c1-9-3-2-4-11-12(15-16-13(9)11)10-5-7-14-8-6-10/h2-4,10,14H,5-8H2,1H3. The van der Waals surface area contributed by atoms with Gasteiger partial charge in [0.15, 0.2) is 5.58 Å². The highest BCUT2D eigenvalue weighted by Crippen LogP contribution is 2.31. The van der Waals surface area contributed by atoms with E-state index < -0.39 is 0 Å². The highest BCUT2D eigenvalue weighted by atomic mass is 16.5. The van der Waals surface area contributed by atoms with E-state index in [1.165, 1.54) is 10.9 Å². The molecule has 1 aromatic heterocycles. The van der Waals surface area contributed by atoms with Crippen molar-refractivity contribution in [2.75, 3.05) is 13.1 Å². The van der Waals surface area contributed by atoms with E-state index in [-0.39, 0.29) is 0 Å². The Morgan fingerprint density at radius 3 is 2.94 bits per heavy atom. The lowest BCUT2D eigenvalue weighted by Gasteiger charge is -2.20. The topological polar surface area (TPSA) is 38.1 Å². The van der Waals surface area contributed by atoms with Crippen LogP contribution >= 0.6 is 0 Å². The molecule has 3 heteroatoms. The van der Waals surface area contributed by atoms with Crippen molar-refractivity contribution in [2.45, 2.75) is 25.7 Å². The number of para-hydroxylation sites is 1. The van der Waals surface area contributed by atoms with Gasteiger partial charge in [-0.15, -0.1) is 0 Å². The van der Waals surface area contributed by atoms with Gasteiger partial charge in [0.2, 0.25) is 0 Å². The molecule has 0 aliphatic carbocycles. The molecule has 0 radical (unpaired) electrons. The maximum Gasteiger partial charge on any atom is 0.170 e. The first-order valence-corrected chi connectivity index (χ1v) is 5.92. The second-order valence-electron chi connectivity index (χ2n) is 4.54. The van der Waals surface area contributed by atoms with Crippen molar-refractivity contribution in [1.29, 1.82) is 0 Å². The molecule has 0 spiro atoms. The predicted octanol–water partition coefficient (Wildman–Crippen LogP) is 2.60. The molecule has 0 unspecified atom stereocenters. The SMILES string of the molecule is Cc1cccc2c(C3CCNCC3)noc12. The van der Waals surface area contributed by atoms with E-state index >= 15 is 0 Å². The van der Waals surface area contributed by atoms with Gasteiger partial charge in [0.05, 0.1) is 5.69 Å². The van der Waals surface area contributed by atoms with Crippen LogP contribution in [0.1, 0.15) is 30.0 Å². The Balaban J connectivity index is 2.06. The molecule has 1 aliphatic rings. The fourth-order valence-electron chi connectivity index (χ4n) is 2.51. The maximum atomic E-state index is 5.46. The zero-order valence-electron chi connectivity index (χ0n) is 9.49. The van der Waals surface area contributed by atoms with Gasteiger partial charge in [-0.3, -0.25) is 0 Å². The first-order valence-electron chi connectivity index (χ1n) is 5.92. The molecule has 16 heavy (non-hydrogen) atoms. The van der Waals surface area contributed by atoms with E-state index in [9.17, 15) is 0 Å². The Kier molecular flexibility index (Phi) is 2.40. The van der Waals surface area contributed by atoms with Crippen LogP contribution in [0.3, 0.4) is 0 Å². The lowest BCUT2D eigenvalue weighted by Crippen LogP contribution is -2.26. The van der Waals surface area contributed by atoms with Crippen molar-refractivity contribution >= 4 is 11.0 Å². The molecule has 1 saturated heterocycles. The Morgan fingerprint density at radius 1 is 1.31 bits per heavy atom. The van der Waals surface area contributed by atoms with Gasteiger partial charge in [0.1, 0.15) is 0 Å². The number of benzene rings is 1. The molecule has 0 saturated carbocycles. The van der Waals surface area contributed by atoms with Gasteiger partial charge < -0.3 is 9.84 Å². The number of aryl methyl sites for hydroxylation is 1. The van der Waals surface area contributed by atoms with Crippen LogP contribution < -0.4 is 5.32 Å². The number of aromatic nitrogens is 1. The third kappa shape index (κ3) is 1.52. The minimum Gasteiger partial charge on any atom is -0.356 e. The minimum absolute atomic E-state index is 0.560. The third-order valence-corrected chi connectivity index (χ3v) is 3.45. The number of fused-ring (bicyclic) bond motifs is 1. The van der Waals surface area contributed by atoms with Gasteiger partial charge >= 0.3 is 0 Å². The molecule has 0 bridgehead atoms.